The SMILES string of the molecule is CCc1cccc(CC)c1-n1nc2c(c1-c1ccc(F)c3[nH]ccc13)CN(Cc1ccc(C(F)(F)F)cc1C)C2(C)C.CCc1cccc(CC)c1-n1nc2c(c1-c1ccc(F)c3c1ccn3Cc1oc(=O)oc1C)CN(Cc1ccc(C(F)(F)F)cc1C)C2(C)C.Cc1oc(=O)oc1CCl.[2H]CSC1CCCO1.[H-].[Li+]. The van der Waals surface area contributed by atoms with Gasteiger partial charge in [0.15, 0.2) is 11.5 Å². The molecule has 1 fully saturated rings. The zero-order chi connectivity index (χ0) is 78.3. The van der Waals surface area contributed by atoms with Crippen LogP contribution < -0.4 is 30.5 Å². The summed E-state index contributed by atoms with van der Waals surface area (Å²) in [6, 6.07) is 30.8. The number of nitrogens with zero attached hydrogens (tertiary/aromatic N) is 7. The first kappa shape index (κ1) is 79.9. The molecule has 0 radical (unpaired) electrons. The number of thioether (sulfide) groups is 1. The van der Waals surface area contributed by atoms with Gasteiger partial charge in [-0.3, -0.25) is 9.80 Å². The van der Waals surface area contributed by atoms with Crippen molar-refractivity contribution in [3.63, 3.8) is 0 Å². The van der Waals surface area contributed by atoms with Crippen molar-refractivity contribution in [3.05, 3.63) is 256 Å². The fraction of sp³-hybridized carbons (Fsp3) is 0.373. The number of rotatable bonds is 16. The molecule has 6 aromatic heterocycles. The molecule has 1 saturated heterocycles. The number of para-hydroxylation sites is 2. The summed E-state index contributed by atoms with van der Waals surface area (Å²) in [4.78, 5) is 29.6. The van der Waals surface area contributed by atoms with Crippen molar-refractivity contribution in [3.8, 4) is 33.9 Å². The number of hydrogen-bond acceptors (Lipinski definition) is 12. The summed E-state index contributed by atoms with van der Waals surface area (Å²) in [7, 11) is 0. The molecule has 3 aliphatic heterocycles. The summed E-state index contributed by atoms with van der Waals surface area (Å²) in [5.41, 5.74) is 15.5. The molecule has 1 N–H and O–H groups in total. The first-order valence-corrected chi connectivity index (χ1v) is 37.5. The molecular weight excluding hydrogens is 1450 g/mol. The van der Waals surface area contributed by atoms with E-state index in [1.807, 2.05) is 22.9 Å². The Labute approximate surface area is 651 Å². The minimum atomic E-state index is -4.41. The summed E-state index contributed by atoms with van der Waals surface area (Å²) in [5, 5.41) is 12.1. The van der Waals surface area contributed by atoms with E-state index < -0.39 is 52.0 Å². The molecule has 0 amide bonds. The number of alkyl halides is 7. The number of aromatic nitrogens is 6. The van der Waals surface area contributed by atoms with Gasteiger partial charge < -0.3 is 33.4 Å². The Kier molecular flexibility index (Phi) is 24.0. The summed E-state index contributed by atoms with van der Waals surface area (Å²) in [6.45, 7) is 26.5. The molecule has 3 aliphatic rings. The molecule has 1 unspecified atom stereocenters. The van der Waals surface area contributed by atoms with E-state index in [9.17, 15) is 40.3 Å². The van der Waals surface area contributed by atoms with Gasteiger partial charge in [0.1, 0.15) is 28.6 Å². The maximum Gasteiger partial charge on any atom is 1.00 e. The third-order valence-electron chi connectivity index (χ3n) is 21.1. The van der Waals surface area contributed by atoms with Crippen LogP contribution >= 0.6 is 23.4 Å². The number of fused-ring (bicyclic) bond motifs is 4. The molecular formula is C83H88ClF8LiN8O7S. The van der Waals surface area contributed by atoms with Crippen LogP contribution in [0.2, 0.25) is 0 Å². The first-order valence-electron chi connectivity index (χ1n) is 36.7. The van der Waals surface area contributed by atoms with Crippen molar-refractivity contribution >= 4 is 45.2 Å². The van der Waals surface area contributed by atoms with Crippen molar-refractivity contribution in [1.29, 1.82) is 0 Å². The van der Waals surface area contributed by atoms with Gasteiger partial charge in [-0.15, -0.1) is 23.4 Å². The van der Waals surface area contributed by atoms with Crippen LogP contribution in [-0.4, -0.2) is 57.2 Å². The van der Waals surface area contributed by atoms with E-state index in [4.69, 9.17) is 36.7 Å². The van der Waals surface area contributed by atoms with Crippen LogP contribution in [0, 0.1) is 39.3 Å². The van der Waals surface area contributed by atoms with E-state index in [0.29, 0.717) is 88.4 Å². The predicted octanol–water partition coefficient (Wildman–Crippen LogP) is 18.0. The molecule has 6 aromatic carbocycles. The van der Waals surface area contributed by atoms with Crippen molar-refractivity contribution in [1.82, 2.24) is 38.9 Å². The van der Waals surface area contributed by atoms with Gasteiger partial charge in [0.2, 0.25) is 0 Å². The number of H-pyrrole nitrogens is 1. The summed E-state index contributed by atoms with van der Waals surface area (Å²) in [6.07, 6.45) is 0.701. The van der Waals surface area contributed by atoms with Crippen LogP contribution in [0.4, 0.5) is 35.1 Å². The van der Waals surface area contributed by atoms with Gasteiger partial charge in [0.25, 0.3) is 0 Å². The Morgan fingerprint density at radius 2 is 1.07 bits per heavy atom. The van der Waals surface area contributed by atoms with Gasteiger partial charge in [-0.05, 0) is 205 Å². The van der Waals surface area contributed by atoms with Crippen LogP contribution in [0.5, 0.6) is 0 Å². The fourth-order valence-electron chi connectivity index (χ4n) is 14.9. The van der Waals surface area contributed by atoms with E-state index in [-0.39, 0.29) is 38.5 Å². The summed E-state index contributed by atoms with van der Waals surface area (Å²) >= 11 is 6.94. The first-order chi connectivity index (χ1) is 51.8. The van der Waals surface area contributed by atoms with Crippen LogP contribution in [0.1, 0.15) is 172 Å². The van der Waals surface area contributed by atoms with Gasteiger partial charge in [0, 0.05) is 79.6 Å². The molecule has 109 heavy (non-hydrogen) atoms. The molecule has 9 heterocycles. The maximum absolute atomic E-state index is 15.8. The third kappa shape index (κ3) is 16.2. The maximum atomic E-state index is 15.8. The zero-order valence-electron chi connectivity index (χ0n) is 65.3. The van der Waals surface area contributed by atoms with Crippen LogP contribution in [0.15, 0.2) is 149 Å². The van der Waals surface area contributed by atoms with Gasteiger partial charge in [-0.2, -0.15) is 36.5 Å². The standard InChI is InChI=1S/C39H38F4N4O3.C34H34F4N4.C5H5ClO3.C5H10OS.Li.H/c1-7-24-10-9-11-25(8-2)33(24)47-34(28-14-15-31(40)35-29(28)16-17-45(35)21-32-23(4)49-37(48)50-32)30-20-46(38(5,6)36(30)44-47)19-26-12-13-27(18-22(26)3)39(41,42)43;1-6-21-9-8-10-22(7-2)30(21)42-31(26-13-14-28(35)29-25(26)15-16-39-29)27-19-41(33(4,5)32(27)40-42)18-23-11-12-24(17-20(23)3)34(36,37)38;1-3-4(2-6)9-5(7)8-3;1-7-5-3-2-4-6-5;;/h9-18H,7-8,19-21H2,1-6H3;8-17,39H,6-7,18-19H2,1-5H3;2H2,1H3;5H,2-4H2,1H3;;/q;;;;+1;-1/i;;;1D;;. The number of ether oxygens (including phenoxy) is 1. The van der Waals surface area contributed by atoms with E-state index in [2.05, 4.69) is 120 Å². The molecule has 572 valence electrons. The van der Waals surface area contributed by atoms with Crippen molar-refractivity contribution in [2.45, 2.75) is 189 Å². The molecule has 0 bridgehead atoms. The Bertz CT molecular complexity index is 5410. The molecule has 1 atom stereocenters. The second kappa shape index (κ2) is 32.8. The quantitative estimate of drug-likeness (QED) is 0.0555. The van der Waals surface area contributed by atoms with Gasteiger partial charge in [-0.1, -0.05) is 76.2 Å². The number of nitrogens with one attached hydrogen (secondary N) is 1. The van der Waals surface area contributed by atoms with Gasteiger partial charge >= 0.3 is 42.9 Å². The van der Waals surface area contributed by atoms with Crippen LogP contribution in [0.3, 0.4) is 0 Å². The zero-order valence-corrected chi connectivity index (χ0v) is 64.9. The molecule has 0 saturated carbocycles. The molecule has 15 rings (SSSR count). The van der Waals surface area contributed by atoms with Crippen molar-refractivity contribution in [2.75, 3.05) is 12.8 Å². The van der Waals surface area contributed by atoms with Crippen molar-refractivity contribution in [2.24, 2.45) is 0 Å². The fourth-order valence-corrected chi connectivity index (χ4v) is 15.7. The predicted molar refractivity (Wildman–Crippen MR) is 406 cm³/mol. The van der Waals surface area contributed by atoms with E-state index in [0.717, 1.165) is 135 Å². The van der Waals surface area contributed by atoms with Crippen LogP contribution in [0.25, 0.3) is 55.7 Å². The second-order valence-electron chi connectivity index (χ2n) is 28.3. The summed E-state index contributed by atoms with van der Waals surface area (Å²) in [5.74, 6) is -0.569. The summed E-state index contributed by atoms with van der Waals surface area (Å²) < 4.78 is 148. The molecule has 12 aromatic rings. The normalized spacial score (nSPS) is 15.5. The van der Waals surface area contributed by atoms with Gasteiger partial charge in [-0.25, -0.2) is 27.7 Å². The Hall–Kier alpha value is -8.60. The Morgan fingerprint density at radius 3 is 1.48 bits per heavy atom. The Balaban J connectivity index is 0.000000193. The minimum Gasteiger partial charge on any atom is -1.00 e. The van der Waals surface area contributed by atoms with Gasteiger partial charge in [0.05, 0.1) is 79.8 Å². The second-order valence-corrected chi connectivity index (χ2v) is 29.4. The number of aromatic amines is 1. The number of benzene rings is 6. The molecule has 26 heteroatoms. The van der Waals surface area contributed by atoms with E-state index in [1.165, 1.54) is 41.8 Å². The molecule has 15 nitrogen and oxygen atoms in total. The topological polar surface area (TPSA) is 159 Å². The average Bonchev–Trinajstić information content (AvgIpc) is 1.54. The van der Waals surface area contributed by atoms with Crippen LogP contribution in [-0.2, 0) is 92.5 Å². The largest absolute Gasteiger partial charge is 1.00 e. The molecule has 0 spiro atoms. The molecule has 0 aliphatic carbocycles. The average molecular weight is 1540 g/mol. The Morgan fingerprint density at radius 1 is 0.606 bits per heavy atom. The monoisotopic (exact) mass is 1540 g/mol. The minimum absolute atomic E-state index is 0. The number of halogens is 9. The van der Waals surface area contributed by atoms with E-state index in [1.54, 1.807) is 74.6 Å². The number of hydrogen-bond donors (Lipinski definition) is 1. The third-order valence-corrected chi connectivity index (χ3v) is 22.0. The number of aryl methyl sites for hydroxylation is 8. The van der Waals surface area contributed by atoms with Crippen molar-refractivity contribution < 1.29 is 79.2 Å². The van der Waals surface area contributed by atoms with E-state index >= 15 is 4.39 Å². The smallest absolute Gasteiger partial charge is 1.00 e.